The number of hydrogen-bond donors (Lipinski definition) is 3. The van der Waals surface area contributed by atoms with Gasteiger partial charge in [-0.15, -0.1) is 0 Å². The number of benzene rings is 1. The van der Waals surface area contributed by atoms with E-state index in [0.29, 0.717) is 6.42 Å². The van der Waals surface area contributed by atoms with Gasteiger partial charge in [-0.1, -0.05) is 30.3 Å². The normalized spacial score (nSPS) is 18.9. The molecule has 1 unspecified atom stereocenters. The third kappa shape index (κ3) is 4.03. The van der Waals surface area contributed by atoms with E-state index >= 15 is 0 Å². The topological polar surface area (TPSA) is 76.6 Å². The molecule has 1 aliphatic rings. The zero-order valence-electron chi connectivity index (χ0n) is 11.8. The average Bonchev–Trinajstić information content (AvgIpc) is 2.47. The van der Waals surface area contributed by atoms with Crippen molar-refractivity contribution in [1.29, 1.82) is 5.41 Å². The van der Waals surface area contributed by atoms with Crippen LogP contribution in [0.1, 0.15) is 18.0 Å². The zero-order valence-corrected chi connectivity index (χ0v) is 11.8. The largest absolute Gasteiger partial charge is 0.395 e. The van der Waals surface area contributed by atoms with E-state index in [9.17, 15) is 0 Å². The van der Waals surface area contributed by atoms with Crippen LogP contribution < -0.4 is 5.73 Å². The first-order valence-corrected chi connectivity index (χ1v) is 7.16. The fourth-order valence-electron chi connectivity index (χ4n) is 2.78. The van der Waals surface area contributed by atoms with E-state index in [4.69, 9.17) is 16.2 Å². The van der Waals surface area contributed by atoms with E-state index in [-0.39, 0.29) is 18.5 Å². The Balaban J connectivity index is 2.03. The van der Waals surface area contributed by atoms with Crippen LogP contribution in [-0.4, -0.2) is 60.1 Å². The van der Waals surface area contributed by atoms with Crippen LogP contribution in [-0.2, 0) is 0 Å². The molecule has 0 spiro atoms. The van der Waals surface area contributed by atoms with Crippen molar-refractivity contribution < 1.29 is 5.11 Å². The van der Waals surface area contributed by atoms with E-state index in [1.54, 1.807) is 0 Å². The molecular weight excluding hydrogens is 252 g/mol. The maximum atomic E-state index is 8.99. The minimum absolute atomic E-state index is 0.185. The van der Waals surface area contributed by atoms with Crippen LogP contribution in [0.15, 0.2) is 30.3 Å². The maximum Gasteiger partial charge on any atom is 0.0924 e. The van der Waals surface area contributed by atoms with Gasteiger partial charge in [0.15, 0.2) is 0 Å². The molecule has 5 heteroatoms. The van der Waals surface area contributed by atoms with Crippen molar-refractivity contribution in [2.75, 3.05) is 39.3 Å². The number of rotatable bonds is 6. The third-order valence-corrected chi connectivity index (χ3v) is 3.86. The number of amidine groups is 1. The highest BCUT2D eigenvalue weighted by molar-refractivity contribution is 5.77. The first-order chi connectivity index (χ1) is 9.70. The Morgan fingerprint density at radius 3 is 2.40 bits per heavy atom. The summed E-state index contributed by atoms with van der Waals surface area (Å²) in [6.07, 6.45) is 0.573. The minimum atomic E-state index is 0.185. The summed E-state index contributed by atoms with van der Waals surface area (Å²) in [5, 5.41) is 16.6. The molecule has 1 aliphatic heterocycles. The van der Waals surface area contributed by atoms with E-state index in [0.717, 1.165) is 32.7 Å². The van der Waals surface area contributed by atoms with Gasteiger partial charge in [0.2, 0.25) is 0 Å². The van der Waals surface area contributed by atoms with Gasteiger partial charge in [-0.25, -0.2) is 0 Å². The molecule has 1 aromatic carbocycles. The highest BCUT2D eigenvalue weighted by atomic mass is 16.3. The lowest BCUT2D eigenvalue weighted by Crippen LogP contribution is -2.48. The van der Waals surface area contributed by atoms with Gasteiger partial charge in [0.25, 0.3) is 0 Å². The second-order valence-corrected chi connectivity index (χ2v) is 5.26. The van der Waals surface area contributed by atoms with Gasteiger partial charge in [0, 0.05) is 45.2 Å². The van der Waals surface area contributed by atoms with Crippen molar-refractivity contribution in [3.8, 4) is 0 Å². The number of nitrogens with zero attached hydrogens (tertiary/aromatic N) is 2. The molecule has 1 aromatic rings. The molecule has 110 valence electrons. The van der Waals surface area contributed by atoms with Gasteiger partial charge >= 0.3 is 0 Å². The molecule has 0 amide bonds. The van der Waals surface area contributed by atoms with Crippen LogP contribution in [0.4, 0.5) is 0 Å². The number of β-amino-alcohol motifs (C(OH)–C–C–N with tert-alkyl or cyclic N) is 1. The fourth-order valence-corrected chi connectivity index (χ4v) is 2.78. The third-order valence-electron chi connectivity index (χ3n) is 3.86. The van der Waals surface area contributed by atoms with Gasteiger partial charge in [0.1, 0.15) is 0 Å². The Bertz CT molecular complexity index is 415. The number of piperazine rings is 1. The predicted molar refractivity (Wildman–Crippen MR) is 80.8 cm³/mol. The molecule has 4 N–H and O–H groups in total. The summed E-state index contributed by atoms with van der Waals surface area (Å²) < 4.78 is 0. The van der Waals surface area contributed by atoms with Crippen LogP contribution in [0.3, 0.4) is 0 Å². The van der Waals surface area contributed by atoms with Crippen molar-refractivity contribution in [3.05, 3.63) is 35.9 Å². The molecule has 20 heavy (non-hydrogen) atoms. The van der Waals surface area contributed by atoms with E-state index in [1.807, 2.05) is 18.2 Å². The monoisotopic (exact) mass is 276 g/mol. The molecule has 1 fully saturated rings. The Morgan fingerprint density at radius 1 is 1.20 bits per heavy atom. The quantitative estimate of drug-likeness (QED) is 0.527. The number of nitrogens with one attached hydrogen (secondary N) is 1. The van der Waals surface area contributed by atoms with Crippen LogP contribution in [0.5, 0.6) is 0 Å². The van der Waals surface area contributed by atoms with Gasteiger partial charge in [-0.2, -0.15) is 0 Å². The number of aliphatic hydroxyl groups excluding tert-OH is 1. The molecule has 1 atom stereocenters. The molecule has 0 aromatic heterocycles. The Kier molecular flexibility index (Phi) is 5.52. The SMILES string of the molecule is N=C(N)CC(c1ccccc1)N1CCN(CCO)CC1. The highest BCUT2D eigenvalue weighted by Crippen LogP contribution is 2.25. The van der Waals surface area contributed by atoms with E-state index in [2.05, 4.69) is 21.9 Å². The first-order valence-electron chi connectivity index (χ1n) is 7.16. The predicted octanol–water partition coefficient (Wildman–Crippen LogP) is 0.664. The van der Waals surface area contributed by atoms with Gasteiger partial charge in [-0.05, 0) is 5.56 Å². The van der Waals surface area contributed by atoms with E-state index in [1.165, 1.54) is 5.56 Å². The summed E-state index contributed by atoms with van der Waals surface area (Å²) in [6.45, 7) is 4.79. The molecule has 0 aliphatic carbocycles. The molecule has 1 heterocycles. The van der Waals surface area contributed by atoms with Crippen molar-refractivity contribution in [2.45, 2.75) is 12.5 Å². The Hall–Kier alpha value is -1.43. The standard InChI is InChI=1S/C15H24N4O/c16-15(17)12-14(13-4-2-1-3-5-13)19-8-6-18(7-9-19)10-11-20/h1-5,14,20H,6-12H2,(H3,16,17). The number of hydrogen-bond acceptors (Lipinski definition) is 4. The zero-order chi connectivity index (χ0) is 14.4. The first kappa shape index (κ1) is 15.0. The van der Waals surface area contributed by atoms with Crippen LogP contribution in [0.25, 0.3) is 0 Å². The highest BCUT2D eigenvalue weighted by Gasteiger charge is 2.25. The summed E-state index contributed by atoms with van der Waals surface area (Å²) in [6, 6.07) is 10.5. The fraction of sp³-hybridized carbons (Fsp3) is 0.533. The lowest BCUT2D eigenvalue weighted by atomic mass is 10.0. The van der Waals surface area contributed by atoms with Crippen molar-refractivity contribution in [1.82, 2.24) is 9.80 Å². The molecule has 0 saturated carbocycles. The van der Waals surface area contributed by atoms with Crippen LogP contribution >= 0.6 is 0 Å². The van der Waals surface area contributed by atoms with Crippen molar-refractivity contribution in [3.63, 3.8) is 0 Å². The average molecular weight is 276 g/mol. The van der Waals surface area contributed by atoms with Crippen molar-refractivity contribution in [2.24, 2.45) is 5.73 Å². The molecule has 2 rings (SSSR count). The maximum absolute atomic E-state index is 8.99. The van der Waals surface area contributed by atoms with Crippen LogP contribution in [0, 0.1) is 5.41 Å². The molecular formula is C15H24N4O. The van der Waals surface area contributed by atoms with Crippen LogP contribution in [0.2, 0.25) is 0 Å². The number of aliphatic hydroxyl groups is 1. The second-order valence-electron chi connectivity index (χ2n) is 5.26. The summed E-state index contributed by atoms with van der Waals surface area (Å²) in [7, 11) is 0. The van der Waals surface area contributed by atoms with E-state index < -0.39 is 0 Å². The van der Waals surface area contributed by atoms with Gasteiger partial charge in [0.05, 0.1) is 12.4 Å². The van der Waals surface area contributed by atoms with Crippen molar-refractivity contribution >= 4 is 5.84 Å². The molecule has 0 bridgehead atoms. The lowest BCUT2D eigenvalue weighted by Gasteiger charge is -2.39. The molecule has 0 radical (unpaired) electrons. The second kappa shape index (κ2) is 7.38. The summed E-state index contributed by atoms with van der Waals surface area (Å²) in [4.78, 5) is 4.66. The summed E-state index contributed by atoms with van der Waals surface area (Å²) in [5.74, 6) is 0.233. The Morgan fingerprint density at radius 2 is 1.85 bits per heavy atom. The van der Waals surface area contributed by atoms with Gasteiger partial charge in [-0.3, -0.25) is 15.2 Å². The number of nitrogens with two attached hydrogens (primary N) is 1. The van der Waals surface area contributed by atoms with Gasteiger partial charge < -0.3 is 10.8 Å². The molecule has 1 saturated heterocycles. The lowest BCUT2D eigenvalue weighted by molar-refractivity contribution is 0.0852. The smallest absolute Gasteiger partial charge is 0.0924 e. The Labute approximate surface area is 120 Å². The molecule has 5 nitrogen and oxygen atoms in total. The minimum Gasteiger partial charge on any atom is -0.395 e. The summed E-state index contributed by atoms with van der Waals surface area (Å²) in [5.41, 5.74) is 6.85. The summed E-state index contributed by atoms with van der Waals surface area (Å²) >= 11 is 0.